The topological polar surface area (TPSA) is 12.0 Å². The van der Waals surface area contributed by atoms with E-state index in [2.05, 4.69) is 24.4 Å². The summed E-state index contributed by atoms with van der Waals surface area (Å²) in [4.78, 5) is 2.64. The van der Waals surface area contributed by atoms with Gasteiger partial charge in [-0.2, -0.15) is 0 Å². The molecule has 0 spiro atoms. The lowest BCUT2D eigenvalue weighted by Crippen LogP contribution is -2.22. The molecule has 1 saturated carbocycles. The molecule has 1 N–H and O–H groups in total. The summed E-state index contributed by atoms with van der Waals surface area (Å²) < 4.78 is 13.0. The summed E-state index contributed by atoms with van der Waals surface area (Å²) in [5, 5.41) is 3.67. The zero-order chi connectivity index (χ0) is 13.9. The van der Waals surface area contributed by atoms with Crippen molar-refractivity contribution in [3.05, 3.63) is 47.1 Å². The Kier molecular flexibility index (Phi) is 4.18. The van der Waals surface area contributed by atoms with Crippen LogP contribution in [0.15, 0.2) is 36.4 Å². The van der Waals surface area contributed by atoms with Crippen LogP contribution in [-0.4, -0.2) is 6.54 Å². The first kappa shape index (κ1) is 13.8. The molecule has 1 atom stereocenters. The van der Waals surface area contributed by atoms with Gasteiger partial charge < -0.3 is 5.32 Å². The zero-order valence-electron chi connectivity index (χ0n) is 11.7. The molecule has 0 amide bonds. The molecular formula is C17H20FNS. The fraction of sp³-hybridized carbons (Fsp3) is 0.412. The molecule has 1 aromatic carbocycles. The molecule has 1 aliphatic carbocycles. The number of rotatable bonds is 6. The van der Waals surface area contributed by atoms with E-state index in [0.717, 1.165) is 18.0 Å². The molecule has 3 heteroatoms. The minimum atomic E-state index is -0.175. The Morgan fingerprint density at radius 2 is 1.95 bits per heavy atom. The van der Waals surface area contributed by atoms with Crippen molar-refractivity contribution in [3.63, 3.8) is 0 Å². The third-order valence-corrected chi connectivity index (χ3v) is 4.99. The summed E-state index contributed by atoms with van der Waals surface area (Å²) >= 11 is 1.83. The molecule has 20 heavy (non-hydrogen) atoms. The van der Waals surface area contributed by atoms with Crippen molar-refractivity contribution < 1.29 is 4.39 Å². The van der Waals surface area contributed by atoms with Crippen LogP contribution >= 0.6 is 11.3 Å². The van der Waals surface area contributed by atoms with E-state index in [1.165, 1.54) is 41.1 Å². The van der Waals surface area contributed by atoms with Crippen LogP contribution in [0.3, 0.4) is 0 Å². The average Bonchev–Trinajstić information content (AvgIpc) is 3.18. The molecule has 2 aromatic rings. The van der Waals surface area contributed by atoms with Gasteiger partial charge in [0.25, 0.3) is 0 Å². The molecule has 0 aliphatic heterocycles. The van der Waals surface area contributed by atoms with Crippen molar-refractivity contribution in [1.29, 1.82) is 0 Å². The van der Waals surface area contributed by atoms with Gasteiger partial charge >= 0.3 is 0 Å². The normalized spacial score (nSPS) is 16.3. The van der Waals surface area contributed by atoms with Crippen molar-refractivity contribution in [1.82, 2.24) is 5.32 Å². The van der Waals surface area contributed by atoms with Gasteiger partial charge in [-0.05, 0) is 61.6 Å². The van der Waals surface area contributed by atoms with Crippen molar-refractivity contribution in [2.24, 2.45) is 5.92 Å². The second kappa shape index (κ2) is 6.06. The summed E-state index contributed by atoms with van der Waals surface area (Å²) in [7, 11) is 0. The predicted molar refractivity (Wildman–Crippen MR) is 83.5 cm³/mol. The third kappa shape index (κ3) is 3.10. The molecule has 3 rings (SSSR count). The average molecular weight is 289 g/mol. The molecule has 1 fully saturated rings. The maximum Gasteiger partial charge on any atom is 0.123 e. The van der Waals surface area contributed by atoms with Gasteiger partial charge in [-0.3, -0.25) is 0 Å². The zero-order valence-corrected chi connectivity index (χ0v) is 12.5. The molecule has 0 bridgehead atoms. The van der Waals surface area contributed by atoms with Crippen LogP contribution in [0.25, 0.3) is 10.4 Å². The van der Waals surface area contributed by atoms with Gasteiger partial charge in [-0.1, -0.05) is 19.1 Å². The fourth-order valence-corrected chi connectivity index (χ4v) is 3.70. The van der Waals surface area contributed by atoms with Gasteiger partial charge in [0.2, 0.25) is 0 Å². The van der Waals surface area contributed by atoms with Crippen LogP contribution in [0.5, 0.6) is 0 Å². The van der Waals surface area contributed by atoms with Crippen LogP contribution in [0.4, 0.5) is 4.39 Å². The van der Waals surface area contributed by atoms with E-state index >= 15 is 0 Å². The first-order valence-electron chi connectivity index (χ1n) is 7.37. The van der Waals surface area contributed by atoms with Crippen molar-refractivity contribution >= 4 is 11.3 Å². The summed E-state index contributed by atoms with van der Waals surface area (Å²) in [6.07, 6.45) is 3.84. The summed E-state index contributed by atoms with van der Waals surface area (Å²) in [6, 6.07) is 11.7. The number of halogens is 1. The molecule has 1 aromatic heterocycles. The highest BCUT2D eigenvalue weighted by molar-refractivity contribution is 7.15. The van der Waals surface area contributed by atoms with Gasteiger partial charge in [0, 0.05) is 15.8 Å². The van der Waals surface area contributed by atoms with Crippen LogP contribution in [0.1, 0.15) is 37.1 Å². The van der Waals surface area contributed by atoms with Gasteiger partial charge in [0.1, 0.15) is 5.82 Å². The number of hydrogen-bond donors (Lipinski definition) is 1. The lowest BCUT2D eigenvalue weighted by Gasteiger charge is -2.16. The minimum Gasteiger partial charge on any atom is -0.309 e. The highest BCUT2D eigenvalue weighted by Gasteiger charge is 2.32. The Morgan fingerprint density at radius 3 is 2.60 bits per heavy atom. The molecule has 1 nitrogen and oxygen atoms in total. The third-order valence-electron chi connectivity index (χ3n) is 3.77. The predicted octanol–water partition coefficient (Wildman–Crippen LogP) is 5.00. The van der Waals surface area contributed by atoms with Crippen molar-refractivity contribution in [3.8, 4) is 10.4 Å². The van der Waals surface area contributed by atoms with Gasteiger partial charge in [0.05, 0.1) is 0 Å². The largest absolute Gasteiger partial charge is 0.309 e. The van der Waals surface area contributed by atoms with Crippen LogP contribution in [0.2, 0.25) is 0 Å². The molecule has 106 valence electrons. The van der Waals surface area contributed by atoms with E-state index in [1.54, 1.807) is 0 Å². The first-order valence-corrected chi connectivity index (χ1v) is 8.18. The van der Waals surface area contributed by atoms with E-state index < -0.39 is 0 Å². The summed E-state index contributed by atoms with van der Waals surface area (Å²) in [5.41, 5.74) is 1.10. The molecule has 0 radical (unpaired) electrons. The fourth-order valence-electron chi connectivity index (χ4n) is 2.52. The van der Waals surface area contributed by atoms with E-state index in [9.17, 15) is 4.39 Å². The van der Waals surface area contributed by atoms with E-state index in [0.29, 0.717) is 6.04 Å². The molecule has 1 heterocycles. The van der Waals surface area contributed by atoms with E-state index in [-0.39, 0.29) is 5.82 Å². The summed E-state index contributed by atoms with van der Waals surface area (Å²) in [5.74, 6) is 0.632. The Morgan fingerprint density at radius 1 is 1.20 bits per heavy atom. The number of thiophene rings is 1. The molecule has 0 saturated heterocycles. The standard InChI is InChI=1S/C17H20FNS/c1-2-11-19-17(13-3-4-13)16-10-9-15(20-16)12-5-7-14(18)8-6-12/h5-10,13,17,19H,2-4,11H2,1H3. The lowest BCUT2D eigenvalue weighted by atomic mass is 10.1. The first-order chi connectivity index (χ1) is 9.78. The highest BCUT2D eigenvalue weighted by atomic mass is 32.1. The number of benzene rings is 1. The van der Waals surface area contributed by atoms with Gasteiger partial charge in [-0.15, -0.1) is 11.3 Å². The smallest absolute Gasteiger partial charge is 0.123 e. The number of nitrogens with one attached hydrogen (secondary N) is 1. The van der Waals surface area contributed by atoms with Gasteiger partial charge in [0.15, 0.2) is 0 Å². The van der Waals surface area contributed by atoms with Crippen LogP contribution in [-0.2, 0) is 0 Å². The van der Waals surface area contributed by atoms with Gasteiger partial charge in [-0.25, -0.2) is 4.39 Å². The Bertz CT molecular complexity index is 557. The van der Waals surface area contributed by atoms with E-state index in [4.69, 9.17) is 0 Å². The lowest BCUT2D eigenvalue weighted by molar-refractivity contribution is 0.488. The highest BCUT2D eigenvalue weighted by Crippen LogP contribution is 2.44. The monoisotopic (exact) mass is 289 g/mol. The Labute approximate surface area is 123 Å². The van der Waals surface area contributed by atoms with Crippen LogP contribution in [0, 0.1) is 11.7 Å². The second-order valence-electron chi connectivity index (χ2n) is 5.48. The number of hydrogen-bond acceptors (Lipinski definition) is 2. The molecular weight excluding hydrogens is 269 g/mol. The second-order valence-corrected chi connectivity index (χ2v) is 6.59. The quantitative estimate of drug-likeness (QED) is 0.788. The van der Waals surface area contributed by atoms with E-state index in [1.807, 2.05) is 23.5 Å². The maximum atomic E-state index is 13.0. The maximum absolute atomic E-state index is 13.0. The minimum absolute atomic E-state index is 0.175. The van der Waals surface area contributed by atoms with Crippen molar-refractivity contribution in [2.75, 3.05) is 6.54 Å². The Balaban J connectivity index is 1.79. The summed E-state index contributed by atoms with van der Waals surface area (Å²) in [6.45, 7) is 3.28. The molecule has 1 aliphatic rings. The van der Waals surface area contributed by atoms with Crippen LogP contribution < -0.4 is 5.32 Å². The molecule has 1 unspecified atom stereocenters. The SMILES string of the molecule is CCCNC(c1ccc(-c2ccc(F)cc2)s1)C1CC1. The van der Waals surface area contributed by atoms with Crippen molar-refractivity contribution in [2.45, 2.75) is 32.2 Å². The Hall–Kier alpha value is -1.19.